The lowest BCUT2D eigenvalue weighted by molar-refractivity contribution is -0.384. The normalized spacial score (nSPS) is 10.1. The Morgan fingerprint density at radius 3 is 2.50 bits per heavy atom. The highest BCUT2D eigenvalue weighted by molar-refractivity contribution is 9.08. The Morgan fingerprint density at radius 2 is 1.90 bits per heavy atom. The van der Waals surface area contributed by atoms with E-state index in [9.17, 15) is 14.9 Å². The van der Waals surface area contributed by atoms with Crippen LogP contribution in [0.25, 0.3) is 0 Å². The van der Waals surface area contributed by atoms with E-state index in [1.165, 1.54) is 24.3 Å². The number of rotatable bonds is 4. The Labute approximate surface area is 123 Å². The van der Waals surface area contributed by atoms with Crippen LogP contribution in [-0.2, 0) is 5.33 Å². The molecule has 0 aromatic heterocycles. The summed E-state index contributed by atoms with van der Waals surface area (Å²) in [5, 5.41) is 14.1. The number of anilines is 1. The molecule has 0 saturated heterocycles. The first-order valence-corrected chi connectivity index (χ1v) is 6.93. The SMILES string of the molecule is O=C(Nc1ccc(CBr)cc1)c1cccc([N+](=O)[O-])c1. The minimum Gasteiger partial charge on any atom is -0.322 e. The van der Waals surface area contributed by atoms with E-state index in [-0.39, 0.29) is 17.2 Å². The van der Waals surface area contributed by atoms with Gasteiger partial charge in [-0.15, -0.1) is 0 Å². The summed E-state index contributed by atoms with van der Waals surface area (Å²) in [7, 11) is 0. The lowest BCUT2D eigenvalue weighted by Crippen LogP contribution is -2.12. The summed E-state index contributed by atoms with van der Waals surface area (Å²) in [5.74, 6) is -0.375. The van der Waals surface area contributed by atoms with Crippen LogP contribution in [-0.4, -0.2) is 10.8 Å². The van der Waals surface area contributed by atoms with E-state index in [0.29, 0.717) is 5.69 Å². The average molecular weight is 335 g/mol. The van der Waals surface area contributed by atoms with E-state index in [0.717, 1.165) is 10.9 Å². The zero-order valence-electron chi connectivity index (χ0n) is 10.4. The second-order valence-corrected chi connectivity index (χ2v) is 4.65. The Balaban J connectivity index is 2.14. The molecule has 0 aliphatic heterocycles. The van der Waals surface area contributed by atoms with Crippen LogP contribution in [0.2, 0.25) is 0 Å². The van der Waals surface area contributed by atoms with Crippen molar-refractivity contribution in [3.63, 3.8) is 0 Å². The van der Waals surface area contributed by atoms with E-state index in [2.05, 4.69) is 21.2 Å². The van der Waals surface area contributed by atoms with E-state index >= 15 is 0 Å². The third kappa shape index (κ3) is 3.42. The van der Waals surface area contributed by atoms with Gasteiger partial charge >= 0.3 is 0 Å². The van der Waals surface area contributed by atoms with Crippen molar-refractivity contribution >= 4 is 33.2 Å². The molecule has 0 radical (unpaired) electrons. The van der Waals surface area contributed by atoms with Crippen LogP contribution in [0.1, 0.15) is 15.9 Å². The topological polar surface area (TPSA) is 72.2 Å². The second kappa shape index (κ2) is 6.29. The number of non-ortho nitro benzene ring substituents is 1. The summed E-state index contributed by atoms with van der Waals surface area (Å²) in [6, 6.07) is 13.0. The number of carbonyl (C=O) groups excluding carboxylic acids is 1. The first-order chi connectivity index (χ1) is 9.60. The highest BCUT2D eigenvalue weighted by atomic mass is 79.9. The number of benzene rings is 2. The van der Waals surface area contributed by atoms with Gasteiger partial charge in [-0.1, -0.05) is 34.1 Å². The molecule has 0 unspecified atom stereocenters. The van der Waals surface area contributed by atoms with Gasteiger partial charge in [0.05, 0.1) is 4.92 Å². The summed E-state index contributed by atoms with van der Waals surface area (Å²) in [6.45, 7) is 0. The number of nitro benzene ring substituents is 1. The standard InChI is InChI=1S/C14H11BrN2O3/c15-9-10-4-6-12(7-5-10)16-14(18)11-2-1-3-13(8-11)17(19)20/h1-8H,9H2,(H,16,18). The Bertz CT molecular complexity index is 641. The molecule has 6 heteroatoms. The van der Waals surface area contributed by atoms with Crippen LogP contribution in [0.4, 0.5) is 11.4 Å². The zero-order valence-corrected chi connectivity index (χ0v) is 12.0. The van der Waals surface area contributed by atoms with Crippen molar-refractivity contribution in [3.05, 3.63) is 69.8 Å². The van der Waals surface area contributed by atoms with E-state index < -0.39 is 4.92 Å². The fourth-order valence-electron chi connectivity index (χ4n) is 1.64. The predicted molar refractivity (Wildman–Crippen MR) is 80.1 cm³/mol. The molecule has 2 rings (SSSR count). The molecule has 0 fully saturated rings. The number of nitrogens with one attached hydrogen (secondary N) is 1. The molecule has 0 spiro atoms. The maximum Gasteiger partial charge on any atom is 0.270 e. The summed E-state index contributed by atoms with van der Waals surface area (Å²) in [6.07, 6.45) is 0. The Kier molecular flexibility index (Phi) is 4.47. The highest BCUT2D eigenvalue weighted by Gasteiger charge is 2.11. The van der Waals surface area contributed by atoms with Gasteiger partial charge in [0.1, 0.15) is 0 Å². The number of carbonyl (C=O) groups is 1. The van der Waals surface area contributed by atoms with Crippen molar-refractivity contribution in [3.8, 4) is 0 Å². The van der Waals surface area contributed by atoms with Gasteiger partial charge in [-0.2, -0.15) is 0 Å². The van der Waals surface area contributed by atoms with Gasteiger partial charge in [0.25, 0.3) is 11.6 Å². The van der Waals surface area contributed by atoms with Gasteiger partial charge in [0.15, 0.2) is 0 Å². The van der Waals surface area contributed by atoms with E-state index in [1.807, 2.05) is 12.1 Å². The largest absolute Gasteiger partial charge is 0.322 e. The molecule has 0 saturated carbocycles. The number of alkyl halides is 1. The molecule has 0 bridgehead atoms. The van der Waals surface area contributed by atoms with Crippen LogP contribution in [0, 0.1) is 10.1 Å². The predicted octanol–water partition coefficient (Wildman–Crippen LogP) is 3.74. The van der Waals surface area contributed by atoms with Crippen molar-refractivity contribution < 1.29 is 9.72 Å². The molecule has 1 amide bonds. The minimum atomic E-state index is -0.526. The van der Waals surface area contributed by atoms with E-state index in [1.54, 1.807) is 12.1 Å². The van der Waals surface area contributed by atoms with Gasteiger partial charge < -0.3 is 5.32 Å². The van der Waals surface area contributed by atoms with Gasteiger partial charge in [0.2, 0.25) is 0 Å². The van der Waals surface area contributed by atoms with Gasteiger partial charge in [-0.05, 0) is 23.8 Å². The first kappa shape index (κ1) is 14.2. The molecule has 5 nitrogen and oxygen atoms in total. The van der Waals surface area contributed by atoms with Crippen LogP contribution in [0.15, 0.2) is 48.5 Å². The van der Waals surface area contributed by atoms with Crippen molar-refractivity contribution in [2.45, 2.75) is 5.33 Å². The van der Waals surface area contributed by atoms with Gasteiger partial charge in [0, 0.05) is 28.7 Å². The molecular weight excluding hydrogens is 324 g/mol. The van der Waals surface area contributed by atoms with Crippen molar-refractivity contribution in [1.82, 2.24) is 0 Å². The highest BCUT2D eigenvalue weighted by Crippen LogP contribution is 2.16. The van der Waals surface area contributed by atoms with Crippen LogP contribution < -0.4 is 5.32 Å². The Hall–Kier alpha value is -2.21. The van der Waals surface area contributed by atoms with Crippen LogP contribution >= 0.6 is 15.9 Å². The summed E-state index contributed by atoms with van der Waals surface area (Å²) < 4.78 is 0. The number of amides is 1. The lowest BCUT2D eigenvalue weighted by Gasteiger charge is -2.05. The van der Waals surface area contributed by atoms with Crippen LogP contribution in [0.3, 0.4) is 0 Å². The molecule has 102 valence electrons. The van der Waals surface area contributed by atoms with E-state index in [4.69, 9.17) is 0 Å². The third-order valence-electron chi connectivity index (χ3n) is 2.69. The quantitative estimate of drug-likeness (QED) is 0.525. The van der Waals surface area contributed by atoms with Gasteiger partial charge in [-0.25, -0.2) is 0 Å². The average Bonchev–Trinajstić information content (AvgIpc) is 2.48. The molecule has 2 aromatic carbocycles. The van der Waals surface area contributed by atoms with Crippen molar-refractivity contribution in [2.24, 2.45) is 0 Å². The minimum absolute atomic E-state index is 0.104. The molecular formula is C14H11BrN2O3. The smallest absolute Gasteiger partial charge is 0.270 e. The fourth-order valence-corrected chi connectivity index (χ4v) is 2.01. The summed E-state index contributed by atoms with van der Waals surface area (Å²) in [5.41, 5.74) is 1.89. The molecule has 20 heavy (non-hydrogen) atoms. The third-order valence-corrected chi connectivity index (χ3v) is 3.33. The first-order valence-electron chi connectivity index (χ1n) is 5.81. The number of nitrogens with zero attached hydrogens (tertiary/aromatic N) is 1. The molecule has 2 aromatic rings. The Morgan fingerprint density at radius 1 is 1.20 bits per heavy atom. The summed E-state index contributed by atoms with van der Waals surface area (Å²) in [4.78, 5) is 22.1. The van der Waals surface area contributed by atoms with Gasteiger partial charge in [-0.3, -0.25) is 14.9 Å². The fraction of sp³-hybridized carbons (Fsp3) is 0.0714. The second-order valence-electron chi connectivity index (χ2n) is 4.09. The maximum atomic E-state index is 12.0. The number of nitro groups is 1. The van der Waals surface area contributed by atoms with Crippen molar-refractivity contribution in [2.75, 3.05) is 5.32 Å². The molecule has 0 heterocycles. The molecule has 0 atom stereocenters. The zero-order chi connectivity index (χ0) is 14.5. The van der Waals surface area contributed by atoms with Crippen molar-refractivity contribution in [1.29, 1.82) is 0 Å². The number of hydrogen-bond acceptors (Lipinski definition) is 3. The monoisotopic (exact) mass is 334 g/mol. The molecule has 0 aliphatic rings. The number of hydrogen-bond donors (Lipinski definition) is 1. The lowest BCUT2D eigenvalue weighted by atomic mass is 10.1. The van der Waals surface area contributed by atoms with Crippen LogP contribution in [0.5, 0.6) is 0 Å². The number of halogens is 1. The maximum absolute atomic E-state index is 12.0. The molecule has 1 N–H and O–H groups in total. The summed E-state index contributed by atoms with van der Waals surface area (Å²) >= 11 is 3.34. The molecule has 0 aliphatic carbocycles.